The van der Waals surface area contributed by atoms with Gasteiger partial charge in [-0.3, -0.25) is 0 Å². The predicted octanol–water partition coefficient (Wildman–Crippen LogP) is 3.67. The van der Waals surface area contributed by atoms with Crippen LogP contribution in [-0.4, -0.2) is 45.9 Å². The molecule has 0 radical (unpaired) electrons. The number of hydrogen-bond acceptors (Lipinski definition) is 4. The van der Waals surface area contributed by atoms with Crippen molar-refractivity contribution >= 4 is 33.9 Å². The molecule has 0 unspecified atom stereocenters. The minimum Gasteiger partial charge on any atom is -0.493 e. The molecule has 0 aliphatic rings. The Labute approximate surface area is 148 Å². The van der Waals surface area contributed by atoms with Crippen molar-refractivity contribution in [3.05, 3.63) is 24.3 Å². The standard InChI is InChI=1S/C17H25N5OS/c1-4-18-17(24)20-19-15-13-9-7-8-10-14(13)22(16(15)23)12-11-21(5-2)6-3/h7-10,23H,4-6,11-12H2,1-3H3,(H,18,24). The number of para-hydroxylation sites is 1. The van der Waals surface area contributed by atoms with Crippen LogP contribution in [0.1, 0.15) is 20.8 Å². The topological polar surface area (TPSA) is 65.2 Å². The molecule has 0 fully saturated rings. The molecule has 0 aliphatic heterocycles. The molecule has 2 rings (SSSR count). The highest BCUT2D eigenvalue weighted by atomic mass is 32.1. The largest absolute Gasteiger partial charge is 0.493 e. The van der Waals surface area contributed by atoms with Gasteiger partial charge in [0.1, 0.15) is 0 Å². The minimum atomic E-state index is 0.131. The van der Waals surface area contributed by atoms with Crippen LogP contribution in [0.15, 0.2) is 34.5 Å². The zero-order valence-electron chi connectivity index (χ0n) is 14.5. The lowest BCUT2D eigenvalue weighted by molar-refractivity contribution is 0.285. The Morgan fingerprint density at radius 3 is 2.62 bits per heavy atom. The number of likely N-dealkylation sites (N-methyl/N-ethyl adjacent to an activating group) is 1. The van der Waals surface area contributed by atoms with E-state index in [9.17, 15) is 5.11 Å². The molecule has 0 bridgehead atoms. The summed E-state index contributed by atoms with van der Waals surface area (Å²) < 4.78 is 1.89. The number of benzene rings is 1. The first-order chi connectivity index (χ1) is 11.6. The van der Waals surface area contributed by atoms with Crippen LogP contribution >= 0.6 is 12.2 Å². The lowest BCUT2D eigenvalue weighted by Crippen LogP contribution is -2.26. The SMILES string of the molecule is CCNC(=S)N=Nc1c(O)n(CCN(CC)CC)c2ccccc12. The Morgan fingerprint density at radius 2 is 1.96 bits per heavy atom. The van der Waals surface area contributed by atoms with Gasteiger partial charge < -0.3 is 19.9 Å². The van der Waals surface area contributed by atoms with Crippen LogP contribution in [0.3, 0.4) is 0 Å². The molecule has 0 amide bonds. The van der Waals surface area contributed by atoms with Crippen LogP contribution in [0, 0.1) is 0 Å². The van der Waals surface area contributed by atoms with Crippen molar-refractivity contribution < 1.29 is 5.11 Å². The second-order valence-electron chi connectivity index (χ2n) is 5.40. The number of hydrogen-bond donors (Lipinski definition) is 2. The number of aromatic hydroxyl groups is 1. The quantitative estimate of drug-likeness (QED) is 0.592. The smallest absolute Gasteiger partial charge is 0.220 e. The molecule has 1 aromatic heterocycles. The number of azo groups is 1. The third-order valence-electron chi connectivity index (χ3n) is 4.02. The van der Waals surface area contributed by atoms with Gasteiger partial charge in [0, 0.05) is 25.0 Å². The molecule has 0 spiro atoms. The third kappa shape index (κ3) is 4.10. The van der Waals surface area contributed by atoms with Gasteiger partial charge in [-0.1, -0.05) is 32.0 Å². The highest BCUT2D eigenvalue weighted by Crippen LogP contribution is 2.38. The van der Waals surface area contributed by atoms with E-state index < -0.39 is 0 Å². The fourth-order valence-electron chi connectivity index (χ4n) is 2.66. The van der Waals surface area contributed by atoms with Crippen molar-refractivity contribution in [2.75, 3.05) is 26.2 Å². The van der Waals surface area contributed by atoms with Gasteiger partial charge in [-0.15, -0.1) is 10.2 Å². The summed E-state index contributed by atoms with van der Waals surface area (Å²) in [6.45, 7) is 10.4. The van der Waals surface area contributed by atoms with Crippen molar-refractivity contribution in [3.63, 3.8) is 0 Å². The zero-order valence-corrected chi connectivity index (χ0v) is 15.3. The van der Waals surface area contributed by atoms with Crippen molar-refractivity contribution in [3.8, 4) is 5.88 Å². The monoisotopic (exact) mass is 347 g/mol. The molecular weight excluding hydrogens is 322 g/mol. The first-order valence-electron chi connectivity index (χ1n) is 8.34. The number of fused-ring (bicyclic) bond motifs is 1. The molecule has 0 atom stereocenters. The summed E-state index contributed by atoms with van der Waals surface area (Å²) in [7, 11) is 0. The summed E-state index contributed by atoms with van der Waals surface area (Å²) in [5.41, 5.74) is 1.41. The lowest BCUT2D eigenvalue weighted by Gasteiger charge is -2.18. The van der Waals surface area contributed by atoms with E-state index >= 15 is 0 Å². The summed E-state index contributed by atoms with van der Waals surface area (Å²) >= 11 is 5.08. The third-order valence-corrected chi connectivity index (χ3v) is 4.25. The molecule has 0 aliphatic carbocycles. The molecule has 0 saturated heterocycles. The predicted molar refractivity (Wildman–Crippen MR) is 102 cm³/mol. The first-order valence-corrected chi connectivity index (χ1v) is 8.75. The normalized spacial score (nSPS) is 11.7. The van der Waals surface area contributed by atoms with Gasteiger partial charge in [0.15, 0.2) is 5.69 Å². The second kappa shape index (κ2) is 8.75. The molecule has 1 aromatic carbocycles. The van der Waals surface area contributed by atoms with Crippen LogP contribution < -0.4 is 5.32 Å². The summed E-state index contributed by atoms with van der Waals surface area (Å²) in [5, 5.41) is 22.9. The Morgan fingerprint density at radius 1 is 1.25 bits per heavy atom. The summed E-state index contributed by atoms with van der Waals surface area (Å²) in [5.74, 6) is 0.131. The Balaban J connectivity index is 2.35. The van der Waals surface area contributed by atoms with Gasteiger partial charge in [0.25, 0.3) is 0 Å². The summed E-state index contributed by atoms with van der Waals surface area (Å²) in [6.07, 6.45) is 0. The van der Waals surface area contributed by atoms with E-state index in [0.29, 0.717) is 23.9 Å². The lowest BCUT2D eigenvalue weighted by atomic mass is 10.2. The molecule has 24 heavy (non-hydrogen) atoms. The number of nitrogens with zero attached hydrogens (tertiary/aromatic N) is 4. The van der Waals surface area contributed by atoms with E-state index in [1.165, 1.54) is 0 Å². The Hall–Kier alpha value is -1.99. The van der Waals surface area contributed by atoms with Crippen LogP contribution in [-0.2, 0) is 6.54 Å². The van der Waals surface area contributed by atoms with Crippen molar-refractivity contribution in [2.24, 2.45) is 10.2 Å². The van der Waals surface area contributed by atoms with Gasteiger partial charge in [0.2, 0.25) is 11.0 Å². The minimum absolute atomic E-state index is 0.131. The fraction of sp³-hybridized carbons (Fsp3) is 0.471. The maximum absolute atomic E-state index is 10.6. The van der Waals surface area contributed by atoms with Crippen molar-refractivity contribution in [2.45, 2.75) is 27.3 Å². The van der Waals surface area contributed by atoms with E-state index in [0.717, 1.165) is 30.5 Å². The number of nitrogens with one attached hydrogen (secondary N) is 1. The Kier molecular flexibility index (Phi) is 6.69. The van der Waals surface area contributed by atoms with Gasteiger partial charge in [-0.05, 0) is 38.3 Å². The molecular formula is C17H25N5OS. The molecule has 7 heteroatoms. The Bertz CT molecular complexity index is 721. The van der Waals surface area contributed by atoms with Crippen molar-refractivity contribution in [1.29, 1.82) is 0 Å². The highest BCUT2D eigenvalue weighted by molar-refractivity contribution is 7.80. The molecule has 130 valence electrons. The van der Waals surface area contributed by atoms with Gasteiger partial charge in [0.05, 0.1) is 5.52 Å². The van der Waals surface area contributed by atoms with E-state index in [4.69, 9.17) is 12.2 Å². The molecule has 0 saturated carbocycles. The number of aromatic nitrogens is 1. The first kappa shape index (κ1) is 18.4. The van der Waals surface area contributed by atoms with E-state index in [-0.39, 0.29) is 5.88 Å². The fourth-order valence-corrected chi connectivity index (χ4v) is 2.84. The molecule has 6 nitrogen and oxygen atoms in total. The van der Waals surface area contributed by atoms with Crippen LogP contribution in [0.25, 0.3) is 10.9 Å². The average molecular weight is 347 g/mol. The van der Waals surface area contributed by atoms with Gasteiger partial charge in [-0.25, -0.2) is 0 Å². The van der Waals surface area contributed by atoms with Crippen LogP contribution in [0.4, 0.5) is 5.69 Å². The second-order valence-corrected chi connectivity index (χ2v) is 5.79. The van der Waals surface area contributed by atoms with Crippen LogP contribution in [0.2, 0.25) is 0 Å². The molecule has 2 aromatic rings. The zero-order chi connectivity index (χ0) is 17.5. The maximum atomic E-state index is 10.6. The van der Waals surface area contributed by atoms with Crippen molar-refractivity contribution in [1.82, 2.24) is 14.8 Å². The van der Waals surface area contributed by atoms with E-state index in [1.54, 1.807) is 0 Å². The molecule has 1 heterocycles. The van der Waals surface area contributed by atoms with E-state index in [1.807, 2.05) is 35.8 Å². The highest BCUT2D eigenvalue weighted by Gasteiger charge is 2.16. The van der Waals surface area contributed by atoms with Gasteiger partial charge >= 0.3 is 0 Å². The van der Waals surface area contributed by atoms with E-state index in [2.05, 4.69) is 34.3 Å². The number of thiocarbonyl (C=S) groups is 1. The molecule has 2 N–H and O–H groups in total. The number of rotatable bonds is 7. The average Bonchev–Trinajstić information content (AvgIpc) is 2.86. The summed E-state index contributed by atoms with van der Waals surface area (Å²) in [6, 6.07) is 7.81. The summed E-state index contributed by atoms with van der Waals surface area (Å²) in [4.78, 5) is 2.32. The maximum Gasteiger partial charge on any atom is 0.220 e. The van der Waals surface area contributed by atoms with Gasteiger partial charge in [-0.2, -0.15) is 0 Å². The van der Waals surface area contributed by atoms with Crippen LogP contribution in [0.5, 0.6) is 5.88 Å².